The minimum absolute atomic E-state index is 0.302. The van der Waals surface area contributed by atoms with E-state index in [2.05, 4.69) is 12.2 Å². The fraction of sp³-hybridized carbons (Fsp3) is 0.214. The third-order valence-corrected chi connectivity index (χ3v) is 6.18. The van der Waals surface area contributed by atoms with Crippen LogP contribution >= 0.6 is 0 Å². The third kappa shape index (κ3) is 3.73. The molecule has 2 amide bonds. The summed E-state index contributed by atoms with van der Waals surface area (Å²) in [4.78, 5) is 28.7. The zero-order chi connectivity index (χ0) is 23.0. The molecule has 0 aromatic heterocycles. The number of carbonyl (C=O) groups is 2. The Bertz CT molecular complexity index is 1250. The molecule has 0 saturated carbocycles. The molecule has 0 atom stereocenters. The molecular formula is C28H28N2O2. The van der Waals surface area contributed by atoms with Crippen molar-refractivity contribution >= 4 is 28.8 Å². The van der Waals surface area contributed by atoms with Crippen LogP contribution in [0.2, 0.25) is 0 Å². The van der Waals surface area contributed by atoms with Gasteiger partial charge in [0.1, 0.15) is 5.70 Å². The molecule has 1 aliphatic rings. The standard InChI is InChI=1S/C28H28N2O2/c1-6-21-11-13-22(14-12-21)29-26-25(23-15-10-17(2)16-19(23)4)27(31)30(28(26)32)24-9-7-8-18(3)20(24)5/h7-16,29H,6H2,1-5H3. The lowest BCUT2D eigenvalue weighted by atomic mass is 9.97. The first-order chi connectivity index (χ1) is 15.3. The lowest BCUT2D eigenvalue weighted by molar-refractivity contribution is -0.120. The Morgan fingerprint density at radius 1 is 0.812 bits per heavy atom. The number of nitrogens with zero attached hydrogens (tertiary/aromatic N) is 1. The van der Waals surface area contributed by atoms with Crippen molar-refractivity contribution in [3.8, 4) is 0 Å². The highest BCUT2D eigenvalue weighted by Gasteiger charge is 2.41. The number of anilines is 2. The van der Waals surface area contributed by atoms with Gasteiger partial charge < -0.3 is 5.32 Å². The average molecular weight is 425 g/mol. The molecule has 4 rings (SSSR count). The van der Waals surface area contributed by atoms with Crippen molar-refractivity contribution < 1.29 is 9.59 Å². The van der Waals surface area contributed by atoms with Crippen LogP contribution in [0, 0.1) is 27.7 Å². The number of carbonyl (C=O) groups excluding carboxylic acids is 2. The van der Waals surface area contributed by atoms with Crippen molar-refractivity contribution in [2.24, 2.45) is 0 Å². The number of rotatable bonds is 5. The number of imide groups is 1. The number of hydrogen-bond acceptors (Lipinski definition) is 3. The molecule has 0 unspecified atom stereocenters. The molecule has 0 spiro atoms. The number of nitrogens with one attached hydrogen (secondary N) is 1. The van der Waals surface area contributed by atoms with Crippen LogP contribution in [0.15, 0.2) is 66.4 Å². The minimum Gasteiger partial charge on any atom is -0.350 e. The highest BCUT2D eigenvalue weighted by atomic mass is 16.2. The van der Waals surface area contributed by atoms with Gasteiger partial charge in [0.25, 0.3) is 11.8 Å². The van der Waals surface area contributed by atoms with Crippen LogP contribution in [0.5, 0.6) is 0 Å². The SMILES string of the molecule is CCc1ccc(NC2=C(c3ccc(C)cc3C)C(=O)N(c3cccc(C)c3C)C2=O)cc1. The van der Waals surface area contributed by atoms with Crippen molar-refractivity contribution in [3.63, 3.8) is 0 Å². The van der Waals surface area contributed by atoms with E-state index in [1.54, 1.807) is 0 Å². The lowest BCUT2D eigenvalue weighted by Crippen LogP contribution is -2.33. The zero-order valence-corrected chi connectivity index (χ0v) is 19.2. The van der Waals surface area contributed by atoms with E-state index in [0.717, 1.165) is 39.9 Å². The molecule has 1 heterocycles. The normalized spacial score (nSPS) is 13.8. The summed E-state index contributed by atoms with van der Waals surface area (Å²) >= 11 is 0. The van der Waals surface area contributed by atoms with Gasteiger partial charge in [-0.05, 0) is 80.1 Å². The first kappa shape index (κ1) is 21.6. The number of hydrogen-bond donors (Lipinski definition) is 1. The molecule has 32 heavy (non-hydrogen) atoms. The summed E-state index contributed by atoms with van der Waals surface area (Å²) < 4.78 is 0. The topological polar surface area (TPSA) is 49.4 Å². The fourth-order valence-corrected chi connectivity index (χ4v) is 4.15. The Kier molecular flexibility index (Phi) is 5.70. The maximum atomic E-state index is 13.7. The van der Waals surface area contributed by atoms with Crippen LogP contribution in [-0.2, 0) is 16.0 Å². The molecule has 3 aromatic rings. The molecule has 0 bridgehead atoms. The van der Waals surface area contributed by atoms with E-state index >= 15 is 0 Å². The predicted molar refractivity (Wildman–Crippen MR) is 131 cm³/mol. The number of amides is 2. The van der Waals surface area contributed by atoms with Gasteiger partial charge in [-0.2, -0.15) is 0 Å². The summed E-state index contributed by atoms with van der Waals surface area (Å²) in [5.41, 5.74) is 8.14. The van der Waals surface area contributed by atoms with Gasteiger partial charge in [0, 0.05) is 5.69 Å². The van der Waals surface area contributed by atoms with E-state index in [4.69, 9.17) is 0 Å². The molecule has 3 aromatic carbocycles. The summed E-state index contributed by atoms with van der Waals surface area (Å²) in [7, 11) is 0. The van der Waals surface area contributed by atoms with Gasteiger partial charge in [0.15, 0.2) is 0 Å². The van der Waals surface area contributed by atoms with E-state index in [1.165, 1.54) is 10.5 Å². The van der Waals surface area contributed by atoms with Crippen LogP contribution in [-0.4, -0.2) is 11.8 Å². The number of benzene rings is 3. The predicted octanol–water partition coefficient (Wildman–Crippen LogP) is 5.88. The average Bonchev–Trinajstić information content (AvgIpc) is 3.00. The Hall–Kier alpha value is -3.66. The van der Waals surface area contributed by atoms with Gasteiger partial charge in [-0.25, -0.2) is 4.90 Å². The summed E-state index contributed by atoms with van der Waals surface area (Å²) in [5, 5.41) is 3.26. The molecule has 4 nitrogen and oxygen atoms in total. The maximum Gasteiger partial charge on any atom is 0.282 e. The Morgan fingerprint density at radius 2 is 1.53 bits per heavy atom. The van der Waals surface area contributed by atoms with E-state index in [9.17, 15) is 9.59 Å². The smallest absolute Gasteiger partial charge is 0.282 e. The van der Waals surface area contributed by atoms with Crippen LogP contribution in [0.3, 0.4) is 0 Å². The third-order valence-electron chi connectivity index (χ3n) is 6.18. The van der Waals surface area contributed by atoms with Crippen LogP contribution in [0.25, 0.3) is 5.57 Å². The molecule has 0 fully saturated rings. The second kappa shape index (κ2) is 8.46. The van der Waals surface area contributed by atoms with Crippen molar-refractivity contribution in [1.29, 1.82) is 0 Å². The van der Waals surface area contributed by atoms with E-state index in [1.807, 2.05) is 88.4 Å². The molecule has 0 aliphatic carbocycles. The molecule has 0 radical (unpaired) electrons. The van der Waals surface area contributed by atoms with Crippen molar-refractivity contribution in [2.75, 3.05) is 10.2 Å². The first-order valence-corrected chi connectivity index (χ1v) is 10.9. The highest BCUT2D eigenvalue weighted by molar-refractivity contribution is 6.46. The van der Waals surface area contributed by atoms with Crippen molar-refractivity contribution in [2.45, 2.75) is 41.0 Å². The van der Waals surface area contributed by atoms with Gasteiger partial charge in [-0.3, -0.25) is 9.59 Å². The molecule has 1 aliphatic heterocycles. The van der Waals surface area contributed by atoms with Gasteiger partial charge >= 0.3 is 0 Å². The Morgan fingerprint density at radius 3 is 2.19 bits per heavy atom. The van der Waals surface area contributed by atoms with Gasteiger partial charge in [-0.1, -0.05) is 55.0 Å². The van der Waals surface area contributed by atoms with Crippen molar-refractivity contribution in [1.82, 2.24) is 0 Å². The van der Waals surface area contributed by atoms with Gasteiger partial charge in [0.2, 0.25) is 0 Å². The van der Waals surface area contributed by atoms with E-state index < -0.39 is 0 Å². The highest BCUT2D eigenvalue weighted by Crippen LogP contribution is 2.37. The van der Waals surface area contributed by atoms with Crippen LogP contribution < -0.4 is 10.2 Å². The van der Waals surface area contributed by atoms with Gasteiger partial charge in [-0.15, -0.1) is 0 Å². The quantitative estimate of drug-likeness (QED) is 0.521. The van der Waals surface area contributed by atoms with E-state index in [0.29, 0.717) is 17.0 Å². The van der Waals surface area contributed by atoms with Crippen molar-refractivity contribution in [3.05, 3.63) is 99.7 Å². The molecule has 4 heteroatoms. The maximum absolute atomic E-state index is 13.7. The van der Waals surface area contributed by atoms with E-state index in [-0.39, 0.29) is 11.8 Å². The monoisotopic (exact) mass is 424 g/mol. The molecule has 0 saturated heterocycles. The zero-order valence-electron chi connectivity index (χ0n) is 19.2. The summed E-state index contributed by atoms with van der Waals surface area (Å²) in [6, 6.07) is 19.6. The minimum atomic E-state index is -0.335. The summed E-state index contributed by atoms with van der Waals surface area (Å²) in [5.74, 6) is -0.637. The molecular weight excluding hydrogens is 396 g/mol. The summed E-state index contributed by atoms with van der Waals surface area (Å²) in [6.45, 7) is 10.0. The molecule has 162 valence electrons. The summed E-state index contributed by atoms with van der Waals surface area (Å²) in [6.07, 6.45) is 0.939. The fourth-order valence-electron chi connectivity index (χ4n) is 4.15. The Labute approximate surface area is 189 Å². The van der Waals surface area contributed by atoms with Crippen LogP contribution in [0.4, 0.5) is 11.4 Å². The second-order valence-electron chi connectivity index (χ2n) is 8.41. The second-order valence-corrected chi connectivity index (χ2v) is 8.41. The lowest BCUT2D eigenvalue weighted by Gasteiger charge is -2.19. The number of aryl methyl sites for hydroxylation is 4. The largest absolute Gasteiger partial charge is 0.350 e. The first-order valence-electron chi connectivity index (χ1n) is 10.9. The van der Waals surface area contributed by atoms with Gasteiger partial charge in [0.05, 0.1) is 11.3 Å². The Balaban J connectivity index is 1.86. The molecule has 1 N–H and O–H groups in total. The van der Waals surface area contributed by atoms with Crippen LogP contribution in [0.1, 0.15) is 40.3 Å².